The lowest BCUT2D eigenvalue weighted by molar-refractivity contribution is -0.193. The fourth-order valence-corrected chi connectivity index (χ4v) is 3.75. The molecule has 15 heteroatoms. The first-order valence-corrected chi connectivity index (χ1v) is 11.3. The summed E-state index contributed by atoms with van der Waals surface area (Å²) in [5, 5.41) is 14.2. The first-order valence-electron chi connectivity index (χ1n) is 11.3. The standard InChI is InChI=1S/C18H25N3O2.2C2HF3O2/c1-13-2-5-15(10-19-13)21-8-9-23-17-12-20(11-14-3-4-14)7-6-16(17)18(21)22;2*3-2(4,5)1(6)7/h2,5,10,14,16-17H,3-4,6-9,11-12H2,1H3;2*(H,6,7)/t16-,17+;;/m1../s1. The van der Waals surface area contributed by atoms with Crippen molar-refractivity contribution in [2.24, 2.45) is 11.8 Å². The summed E-state index contributed by atoms with van der Waals surface area (Å²) >= 11 is 0. The molecule has 1 aromatic heterocycles. The van der Waals surface area contributed by atoms with Crippen molar-refractivity contribution in [2.45, 2.75) is 44.6 Å². The van der Waals surface area contributed by atoms with Gasteiger partial charge in [-0.3, -0.25) is 9.78 Å². The van der Waals surface area contributed by atoms with E-state index < -0.39 is 24.3 Å². The number of hydrogen-bond acceptors (Lipinski definition) is 6. The number of carbonyl (C=O) groups is 3. The molecule has 4 rings (SSSR count). The average Bonchev–Trinajstić information content (AvgIpc) is 3.62. The number of alkyl halides is 6. The molecule has 1 amide bonds. The molecule has 37 heavy (non-hydrogen) atoms. The number of rotatable bonds is 3. The third-order valence-electron chi connectivity index (χ3n) is 5.78. The van der Waals surface area contributed by atoms with Gasteiger partial charge in [0.25, 0.3) is 0 Å². The van der Waals surface area contributed by atoms with E-state index in [0.717, 1.165) is 36.8 Å². The SMILES string of the molecule is Cc1ccc(N2CCO[C@H]3CN(CC4CC4)CC[C@H]3C2=O)cn1.O=C(O)C(F)(F)F.O=C(O)C(F)(F)F. The van der Waals surface area contributed by atoms with E-state index >= 15 is 0 Å². The Morgan fingerprint density at radius 1 is 1.03 bits per heavy atom. The van der Waals surface area contributed by atoms with Crippen LogP contribution in [0.2, 0.25) is 0 Å². The van der Waals surface area contributed by atoms with Crippen molar-refractivity contribution in [2.75, 3.05) is 37.7 Å². The summed E-state index contributed by atoms with van der Waals surface area (Å²) in [6.07, 6.45) is -4.66. The number of ether oxygens (including phenoxy) is 1. The second-order valence-electron chi connectivity index (χ2n) is 8.76. The summed E-state index contributed by atoms with van der Waals surface area (Å²) in [5.74, 6) is -4.42. The summed E-state index contributed by atoms with van der Waals surface area (Å²) < 4.78 is 69.5. The highest BCUT2D eigenvalue weighted by molar-refractivity contribution is 5.95. The van der Waals surface area contributed by atoms with Crippen molar-refractivity contribution in [3.63, 3.8) is 0 Å². The molecule has 2 atom stereocenters. The molecule has 3 heterocycles. The lowest BCUT2D eigenvalue weighted by atomic mass is 9.92. The second-order valence-corrected chi connectivity index (χ2v) is 8.76. The van der Waals surface area contributed by atoms with E-state index in [1.165, 1.54) is 19.4 Å². The Hall–Kier alpha value is -2.94. The number of aliphatic carboxylic acids is 2. The molecule has 2 aliphatic heterocycles. The van der Waals surface area contributed by atoms with Gasteiger partial charge in [-0.1, -0.05) is 0 Å². The molecule has 0 bridgehead atoms. The number of aromatic nitrogens is 1. The molecule has 1 saturated carbocycles. The molecule has 1 aliphatic carbocycles. The summed E-state index contributed by atoms with van der Waals surface area (Å²) in [6, 6.07) is 3.95. The monoisotopic (exact) mass is 543 g/mol. The van der Waals surface area contributed by atoms with Gasteiger partial charge in [0.1, 0.15) is 0 Å². The van der Waals surface area contributed by atoms with Crippen LogP contribution in [0.5, 0.6) is 0 Å². The van der Waals surface area contributed by atoms with Crippen molar-refractivity contribution >= 4 is 23.5 Å². The first-order chi connectivity index (χ1) is 17.1. The van der Waals surface area contributed by atoms with E-state index in [0.29, 0.717) is 13.2 Å². The Kier molecular flexibility index (Phi) is 10.3. The average molecular weight is 543 g/mol. The number of amides is 1. The van der Waals surface area contributed by atoms with Crippen LogP contribution in [0.3, 0.4) is 0 Å². The molecular weight excluding hydrogens is 516 g/mol. The maximum Gasteiger partial charge on any atom is 0.490 e. The number of carbonyl (C=O) groups excluding carboxylic acids is 1. The minimum Gasteiger partial charge on any atom is -0.475 e. The lowest BCUT2D eigenvalue weighted by Crippen LogP contribution is -2.49. The van der Waals surface area contributed by atoms with Gasteiger partial charge in [-0.2, -0.15) is 26.3 Å². The maximum atomic E-state index is 13.0. The molecule has 3 aliphatic rings. The quantitative estimate of drug-likeness (QED) is 0.559. The second kappa shape index (κ2) is 12.5. The number of hydrogen-bond donors (Lipinski definition) is 2. The predicted octanol–water partition coefficient (Wildman–Crippen LogP) is 3.12. The third-order valence-corrected chi connectivity index (χ3v) is 5.78. The van der Waals surface area contributed by atoms with Crippen molar-refractivity contribution in [3.8, 4) is 0 Å². The number of nitrogens with zero attached hydrogens (tertiary/aromatic N) is 3. The summed E-state index contributed by atoms with van der Waals surface area (Å²) in [6.45, 7) is 6.31. The van der Waals surface area contributed by atoms with Gasteiger partial charge in [0, 0.05) is 25.3 Å². The molecule has 208 valence electrons. The molecule has 0 aromatic carbocycles. The van der Waals surface area contributed by atoms with Crippen LogP contribution in [0.4, 0.5) is 32.0 Å². The first kappa shape index (κ1) is 30.3. The van der Waals surface area contributed by atoms with E-state index in [-0.39, 0.29) is 17.9 Å². The topological polar surface area (TPSA) is 120 Å². The van der Waals surface area contributed by atoms with Gasteiger partial charge in [-0.25, -0.2) is 9.59 Å². The maximum absolute atomic E-state index is 13.0. The zero-order valence-corrected chi connectivity index (χ0v) is 19.8. The molecule has 3 fully saturated rings. The largest absolute Gasteiger partial charge is 0.490 e. The molecule has 2 saturated heterocycles. The highest BCUT2D eigenvalue weighted by Crippen LogP contribution is 2.33. The molecule has 1 aromatic rings. The van der Waals surface area contributed by atoms with E-state index in [1.807, 2.05) is 24.0 Å². The van der Waals surface area contributed by atoms with Crippen LogP contribution in [-0.4, -0.2) is 89.2 Å². The molecule has 9 nitrogen and oxygen atoms in total. The number of aryl methyl sites for hydroxylation is 1. The van der Waals surface area contributed by atoms with E-state index in [2.05, 4.69) is 9.88 Å². The highest BCUT2D eigenvalue weighted by Gasteiger charge is 2.41. The number of anilines is 1. The lowest BCUT2D eigenvalue weighted by Gasteiger charge is -2.37. The number of piperidine rings is 1. The number of halogens is 6. The van der Waals surface area contributed by atoms with Crippen LogP contribution < -0.4 is 4.90 Å². The third kappa shape index (κ3) is 9.80. The summed E-state index contributed by atoms with van der Waals surface area (Å²) in [4.78, 5) is 39.5. The minimum absolute atomic E-state index is 0.00532. The molecule has 0 spiro atoms. The Morgan fingerprint density at radius 3 is 2.05 bits per heavy atom. The fraction of sp³-hybridized carbons (Fsp3) is 0.636. The zero-order valence-electron chi connectivity index (χ0n) is 19.8. The Morgan fingerprint density at radius 2 is 1.59 bits per heavy atom. The van der Waals surface area contributed by atoms with Crippen LogP contribution in [0.25, 0.3) is 0 Å². The van der Waals surface area contributed by atoms with Gasteiger partial charge in [-0.05, 0) is 50.8 Å². The van der Waals surface area contributed by atoms with Crippen molar-refractivity contribution in [1.82, 2.24) is 9.88 Å². The smallest absolute Gasteiger partial charge is 0.475 e. The number of carboxylic acid groups (broad SMARTS) is 2. The minimum atomic E-state index is -5.08. The molecule has 0 unspecified atom stereocenters. The van der Waals surface area contributed by atoms with Crippen molar-refractivity contribution < 1.29 is 55.7 Å². The van der Waals surface area contributed by atoms with Gasteiger partial charge < -0.3 is 24.7 Å². The van der Waals surface area contributed by atoms with Crippen LogP contribution in [-0.2, 0) is 19.1 Å². The summed E-state index contributed by atoms with van der Waals surface area (Å²) in [7, 11) is 0. The number of fused-ring (bicyclic) bond motifs is 1. The molecule has 2 N–H and O–H groups in total. The van der Waals surface area contributed by atoms with Gasteiger partial charge in [0.05, 0.1) is 30.5 Å². The summed E-state index contributed by atoms with van der Waals surface area (Å²) in [5.41, 5.74) is 1.86. The van der Waals surface area contributed by atoms with Gasteiger partial charge in [0.2, 0.25) is 5.91 Å². The van der Waals surface area contributed by atoms with Crippen LogP contribution >= 0.6 is 0 Å². The zero-order chi connectivity index (χ0) is 28.0. The Balaban J connectivity index is 0.000000286. The Bertz CT molecular complexity index is 912. The molecular formula is C22H27F6N3O6. The van der Waals surface area contributed by atoms with Gasteiger partial charge in [0.15, 0.2) is 0 Å². The highest BCUT2D eigenvalue weighted by atomic mass is 19.4. The van der Waals surface area contributed by atoms with Crippen LogP contribution in [0.15, 0.2) is 18.3 Å². The fourth-order valence-electron chi connectivity index (χ4n) is 3.75. The number of pyridine rings is 1. The van der Waals surface area contributed by atoms with Crippen molar-refractivity contribution in [1.29, 1.82) is 0 Å². The Labute approximate surface area is 208 Å². The van der Waals surface area contributed by atoms with Crippen LogP contribution in [0.1, 0.15) is 25.0 Å². The number of carboxylic acids is 2. The van der Waals surface area contributed by atoms with Crippen LogP contribution in [0, 0.1) is 18.8 Å². The van der Waals surface area contributed by atoms with E-state index in [1.54, 1.807) is 6.20 Å². The van der Waals surface area contributed by atoms with Crippen molar-refractivity contribution in [3.05, 3.63) is 24.0 Å². The number of likely N-dealkylation sites (tertiary alicyclic amines) is 1. The normalized spacial score (nSPS) is 22.5. The van der Waals surface area contributed by atoms with Gasteiger partial charge in [-0.15, -0.1) is 0 Å². The molecule has 0 radical (unpaired) electrons. The van der Waals surface area contributed by atoms with E-state index in [4.69, 9.17) is 24.5 Å². The van der Waals surface area contributed by atoms with Gasteiger partial charge >= 0.3 is 24.3 Å². The van der Waals surface area contributed by atoms with E-state index in [9.17, 15) is 31.1 Å². The predicted molar refractivity (Wildman–Crippen MR) is 116 cm³/mol.